The number of pyridine rings is 1. The van der Waals surface area contributed by atoms with Crippen LogP contribution in [0, 0.1) is 18.6 Å². The Kier molecular flexibility index (Phi) is 5.56. The van der Waals surface area contributed by atoms with Crippen LogP contribution in [0.3, 0.4) is 0 Å². The van der Waals surface area contributed by atoms with E-state index in [1.807, 2.05) is 23.4 Å². The molecule has 0 amide bonds. The lowest BCUT2D eigenvalue weighted by atomic mass is 9.96. The van der Waals surface area contributed by atoms with E-state index < -0.39 is 29.7 Å². The Morgan fingerprint density at radius 3 is 2.54 bits per heavy atom. The van der Waals surface area contributed by atoms with Crippen LogP contribution in [-0.2, 0) is 13.5 Å². The highest BCUT2D eigenvalue weighted by Crippen LogP contribution is 2.47. The third kappa shape index (κ3) is 3.71. The molecule has 5 aromatic rings. The van der Waals surface area contributed by atoms with Crippen molar-refractivity contribution >= 4 is 33.7 Å². The number of nitrogens with zero attached hydrogens (tertiary/aromatic N) is 4. The maximum atomic E-state index is 14.2. The molecule has 2 aromatic carbocycles. The number of rotatable bonds is 4. The molecule has 0 fully saturated rings. The number of benzene rings is 2. The zero-order chi connectivity index (χ0) is 27.7. The summed E-state index contributed by atoms with van der Waals surface area (Å²) in [5.74, 6) is -2.00. The highest BCUT2D eigenvalue weighted by molar-refractivity contribution is 6.11. The van der Waals surface area contributed by atoms with Gasteiger partial charge in [0.1, 0.15) is 34.4 Å². The Morgan fingerprint density at radius 2 is 1.85 bits per heavy atom. The van der Waals surface area contributed by atoms with Gasteiger partial charge in [0.15, 0.2) is 0 Å². The molecule has 0 atom stereocenters. The largest absolute Gasteiger partial charge is 0.434 e. The summed E-state index contributed by atoms with van der Waals surface area (Å²) in [4.78, 5) is 20.2. The van der Waals surface area contributed by atoms with Crippen molar-refractivity contribution < 1.29 is 27.1 Å². The molecule has 1 aliphatic heterocycles. The van der Waals surface area contributed by atoms with Gasteiger partial charge in [0.25, 0.3) is 0 Å². The lowest BCUT2D eigenvalue weighted by molar-refractivity contribution is -0.0493. The van der Waals surface area contributed by atoms with Gasteiger partial charge in [0, 0.05) is 44.0 Å². The number of aryl methyl sites for hydroxylation is 2. The van der Waals surface area contributed by atoms with Crippen LogP contribution in [0.4, 0.5) is 28.9 Å². The molecule has 4 heterocycles. The van der Waals surface area contributed by atoms with E-state index in [9.17, 15) is 22.4 Å². The standard InChI is InChI=1S/C28H23F4N5O2/c1-13-34-24-19(36(13)3)12-21(39-28(31)32)22-16-5-4-7-37-20(11-14(25(16)37)6-8-35(2)26(22)24)27(38)15-9-17(29)23(33)18(30)10-15/h4-5,7,9-12,28H,6,8,33H2,1-3H3. The number of aromatic nitrogens is 3. The number of halogens is 4. The topological polar surface area (TPSA) is 77.8 Å². The second-order valence-electron chi connectivity index (χ2n) is 9.61. The molecule has 0 radical (unpaired) electrons. The van der Waals surface area contributed by atoms with Crippen LogP contribution in [0.1, 0.15) is 27.4 Å². The normalized spacial score (nSPS) is 13.2. The zero-order valence-corrected chi connectivity index (χ0v) is 21.2. The third-order valence-corrected chi connectivity index (χ3v) is 7.36. The van der Waals surface area contributed by atoms with Gasteiger partial charge in [0.2, 0.25) is 5.78 Å². The molecule has 0 saturated carbocycles. The van der Waals surface area contributed by atoms with Gasteiger partial charge < -0.3 is 24.3 Å². The number of ketones is 1. The SMILES string of the molecule is Cc1nc2c3c(c(OC(F)F)cc2n1C)-c1cccn2c(C(=O)c4cc(F)c(N)c(F)c4)cc(c12)CCN3C. The molecule has 0 spiro atoms. The van der Waals surface area contributed by atoms with E-state index in [-0.39, 0.29) is 17.0 Å². The van der Waals surface area contributed by atoms with Gasteiger partial charge in [-0.1, -0.05) is 6.07 Å². The first-order valence-corrected chi connectivity index (χ1v) is 12.1. The minimum atomic E-state index is -3.07. The first-order valence-electron chi connectivity index (χ1n) is 12.1. The average molecular weight is 538 g/mol. The number of imidazole rings is 1. The van der Waals surface area contributed by atoms with Gasteiger partial charge in [0.05, 0.1) is 28.0 Å². The Balaban J connectivity index is 1.66. The van der Waals surface area contributed by atoms with Crippen LogP contribution in [0.15, 0.2) is 42.6 Å². The fourth-order valence-electron chi connectivity index (χ4n) is 5.39. The Labute approximate surface area is 220 Å². The van der Waals surface area contributed by atoms with Gasteiger partial charge in [-0.3, -0.25) is 4.79 Å². The van der Waals surface area contributed by atoms with E-state index >= 15 is 0 Å². The van der Waals surface area contributed by atoms with Crippen molar-refractivity contribution in [1.82, 2.24) is 14.0 Å². The summed E-state index contributed by atoms with van der Waals surface area (Å²) in [6, 6.07) is 8.47. The molecule has 0 bridgehead atoms. The smallest absolute Gasteiger partial charge is 0.387 e. The summed E-state index contributed by atoms with van der Waals surface area (Å²) in [6.07, 6.45) is 2.16. The van der Waals surface area contributed by atoms with E-state index in [2.05, 4.69) is 0 Å². The summed E-state index contributed by atoms with van der Waals surface area (Å²) in [6.45, 7) is -0.770. The van der Waals surface area contributed by atoms with Crippen LogP contribution < -0.4 is 15.4 Å². The van der Waals surface area contributed by atoms with Crippen LogP contribution in [-0.4, -0.2) is 39.9 Å². The number of carbonyl (C=O) groups excluding carboxylic acids is 1. The number of likely N-dealkylation sites (N-methyl/N-ethyl adjacent to an activating group) is 1. The van der Waals surface area contributed by atoms with E-state index in [1.54, 1.807) is 41.9 Å². The Hall–Kier alpha value is -4.54. The first kappa shape index (κ1) is 24.8. The van der Waals surface area contributed by atoms with Gasteiger partial charge in [-0.15, -0.1) is 0 Å². The van der Waals surface area contributed by atoms with Gasteiger partial charge in [-0.05, 0) is 43.2 Å². The highest BCUT2D eigenvalue weighted by Gasteiger charge is 2.30. The number of ether oxygens (including phenoxy) is 1. The van der Waals surface area contributed by atoms with Crippen molar-refractivity contribution in [2.24, 2.45) is 7.05 Å². The third-order valence-electron chi connectivity index (χ3n) is 7.36. The number of nitrogens with two attached hydrogens (primary N) is 1. The monoisotopic (exact) mass is 537 g/mol. The average Bonchev–Trinajstić information content (AvgIpc) is 3.40. The lowest BCUT2D eigenvalue weighted by Crippen LogP contribution is -2.23. The van der Waals surface area contributed by atoms with Crippen LogP contribution in [0.5, 0.6) is 5.75 Å². The van der Waals surface area contributed by atoms with E-state index in [0.29, 0.717) is 52.2 Å². The number of anilines is 2. The molecule has 1 aliphatic rings. The van der Waals surface area contributed by atoms with Crippen LogP contribution in [0.25, 0.3) is 27.7 Å². The molecular weight excluding hydrogens is 514 g/mol. The van der Waals surface area contributed by atoms with Crippen molar-refractivity contribution in [2.75, 3.05) is 24.2 Å². The molecule has 39 heavy (non-hydrogen) atoms. The number of hydrogen-bond acceptors (Lipinski definition) is 5. The minimum absolute atomic E-state index is 0.0277. The van der Waals surface area contributed by atoms with E-state index in [0.717, 1.165) is 17.7 Å². The molecule has 200 valence electrons. The van der Waals surface area contributed by atoms with Crippen molar-refractivity contribution in [2.45, 2.75) is 20.0 Å². The number of alkyl halides is 2. The summed E-state index contributed by atoms with van der Waals surface area (Å²) < 4.78 is 64.2. The van der Waals surface area contributed by atoms with Crippen LogP contribution >= 0.6 is 0 Å². The highest BCUT2D eigenvalue weighted by atomic mass is 19.3. The summed E-state index contributed by atoms with van der Waals surface area (Å²) in [5, 5.41) is 0. The molecule has 0 saturated heterocycles. The van der Waals surface area contributed by atoms with Gasteiger partial charge in [-0.25, -0.2) is 13.8 Å². The first-order chi connectivity index (χ1) is 18.6. The van der Waals surface area contributed by atoms with Crippen molar-refractivity contribution in [1.29, 1.82) is 0 Å². The van der Waals surface area contributed by atoms with E-state index in [1.165, 1.54) is 0 Å². The molecule has 0 unspecified atom stereocenters. The molecule has 0 aliphatic carbocycles. The summed E-state index contributed by atoms with van der Waals surface area (Å²) in [7, 11) is 3.65. The Bertz CT molecular complexity index is 1800. The quantitative estimate of drug-likeness (QED) is 0.187. The van der Waals surface area contributed by atoms with E-state index in [4.69, 9.17) is 15.5 Å². The second-order valence-corrected chi connectivity index (χ2v) is 9.61. The van der Waals surface area contributed by atoms with Crippen LogP contribution in [0.2, 0.25) is 0 Å². The fourth-order valence-corrected chi connectivity index (χ4v) is 5.39. The molecular formula is C28H23F4N5O2. The maximum Gasteiger partial charge on any atom is 0.387 e. The minimum Gasteiger partial charge on any atom is -0.434 e. The fraction of sp³-hybridized carbons (Fsp3) is 0.214. The molecule has 11 heteroatoms. The molecule has 7 nitrogen and oxygen atoms in total. The number of fused-ring (bicyclic) bond motifs is 4. The number of nitrogen functional groups attached to an aromatic ring is 1. The molecule has 2 N–H and O–H groups in total. The Morgan fingerprint density at radius 1 is 1.13 bits per heavy atom. The van der Waals surface area contributed by atoms with Crippen molar-refractivity contribution in [3.8, 4) is 16.9 Å². The number of carbonyl (C=O) groups is 1. The predicted molar refractivity (Wildman–Crippen MR) is 140 cm³/mol. The zero-order valence-electron chi connectivity index (χ0n) is 21.2. The molecule has 6 rings (SSSR count). The summed E-state index contributed by atoms with van der Waals surface area (Å²) in [5.41, 5.74) is 8.94. The van der Waals surface area contributed by atoms with Gasteiger partial charge >= 0.3 is 6.61 Å². The van der Waals surface area contributed by atoms with Crippen molar-refractivity contribution in [3.63, 3.8) is 0 Å². The van der Waals surface area contributed by atoms with Crippen molar-refractivity contribution in [3.05, 3.63) is 76.9 Å². The number of hydrogen-bond donors (Lipinski definition) is 1. The maximum absolute atomic E-state index is 14.2. The second kappa shape index (κ2) is 8.75. The summed E-state index contributed by atoms with van der Waals surface area (Å²) >= 11 is 0. The molecule has 3 aromatic heterocycles. The predicted octanol–water partition coefficient (Wildman–Crippen LogP) is 5.49. The van der Waals surface area contributed by atoms with Gasteiger partial charge in [-0.2, -0.15) is 8.78 Å². The lowest BCUT2D eigenvalue weighted by Gasteiger charge is -2.27.